The molecule has 3 aliphatic rings. The van der Waals surface area contributed by atoms with Gasteiger partial charge in [0, 0.05) is 5.92 Å². The van der Waals surface area contributed by atoms with Gasteiger partial charge in [-0.25, -0.2) is 0 Å². The van der Waals surface area contributed by atoms with Crippen LogP contribution in [0.2, 0.25) is 0 Å². The molecule has 0 radical (unpaired) electrons. The first kappa shape index (κ1) is 22.7. The van der Waals surface area contributed by atoms with Crippen LogP contribution in [0.5, 0.6) is 0 Å². The smallest absolute Gasteiger partial charge is 0.0764 e. The summed E-state index contributed by atoms with van der Waals surface area (Å²) in [6.07, 6.45) is 12.1. The van der Waals surface area contributed by atoms with Gasteiger partial charge in [-0.05, 0) is 79.2 Å². The highest BCUT2D eigenvalue weighted by atomic mass is 32.1. The van der Waals surface area contributed by atoms with Crippen LogP contribution < -0.4 is 11.5 Å². The van der Waals surface area contributed by atoms with Crippen LogP contribution in [0.15, 0.2) is 30.3 Å². The van der Waals surface area contributed by atoms with Gasteiger partial charge in [0.1, 0.15) is 0 Å². The molecular weight excluding hydrogens is 372 g/mol. The van der Waals surface area contributed by atoms with Gasteiger partial charge in [0.2, 0.25) is 0 Å². The molecule has 0 spiro atoms. The molecule has 2 nitrogen and oxygen atoms in total. The van der Waals surface area contributed by atoms with Crippen molar-refractivity contribution in [3.05, 3.63) is 35.9 Å². The van der Waals surface area contributed by atoms with Crippen molar-refractivity contribution in [1.29, 1.82) is 0 Å². The Hall–Kier alpha value is -0.930. The summed E-state index contributed by atoms with van der Waals surface area (Å²) in [6.45, 7) is 8.11. The van der Waals surface area contributed by atoms with E-state index in [0.717, 1.165) is 17.5 Å². The number of nitrogens with two attached hydrogens (primary N) is 2. The van der Waals surface area contributed by atoms with Gasteiger partial charge >= 0.3 is 0 Å². The lowest BCUT2D eigenvalue weighted by atomic mass is 9.48. The molecule has 4 unspecified atom stereocenters. The fraction of sp³-hybridized carbons (Fsp3) is 0.731. The molecule has 1 aromatic rings. The van der Waals surface area contributed by atoms with E-state index in [1.807, 2.05) is 0 Å². The Kier molecular flexibility index (Phi) is 7.43. The predicted molar refractivity (Wildman–Crippen MR) is 129 cm³/mol. The van der Waals surface area contributed by atoms with E-state index in [9.17, 15) is 0 Å². The molecule has 3 saturated carbocycles. The topological polar surface area (TPSA) is 52.0 Å². The molecule has 0 saturated heterocycles. The van der Waals surface area contributed by atoms with E-state index in [4.69, 9.17) is 23.7 Å². The summed E-state index contributed by atoms with van der Waals surface area (Å²) < 4.78 is 0. The van der Waals surface area contributed by atoms with Crippen LogP contribution in [0.4, 0.5) is 0 Å². The lowest BCUT2D eigenvalue weighted by Crippen LogP contribution is -2.52. The predicted octanol–water partition coefficient (Wildman–Crippen LogP) is 6.22. The minimum Gasteiger partial charge on any atom is -0.393 e. The van der Waals surface area contributed by atoms with Crippen LogP contribution in [0.1, 0.15) is 84.1 Å². The van der Waals surface area contributed by atoms with Crippen LogP contribution in [-0.2, 0) is 5.41 Å². The third kappa shape index (κ3) is 5.41. The van der Waals surface area contributed by atoms with E-state index in [1.54, 1.807) is 0 Å². The summed E-state index contributed by atoms with van der Waals surface area (Å²) in [5, 5.41) is 0. The summed E-state index contributed by atoms with van der Waals surface area (Å²) >= 11 is 5.40. The molecule has 4 atom stereocenters. The first-order valence-corrected chi connectivity index (χ1v) is 12.2. The third-order valence-electron chi connectivity index (χ3n) is 7.89. The fourth-order valence-electron chi connectivity index (χ4n) is 7.03. The maximum Gasteiger partial charge on any atom is 0.0764 e. The Bertz CT molecular complexity index is 661. The molecule has 0 heterocycles. The lowest BCUT2D eigenvalue weighted by molar-refractivity contribution is 0.00952. The van der Waals surface area contributed by atoms with Gasteiger partial charge in [-0.3, -0.25) is 0 Å². The van der Waals surface area contributed by atoms with Crippen molar-refractivity contribution in [2.24, 2.45) is 40.6 Å². The zero-order valence-corrected chi connectivity index (χ0v) is 19.6. The van der Waals surface area contributed by atoms with Gasteiger partial charge in [-0.15, -0.1) is 0 Å². The summed E-state index contributed by atoms with van der Waals surface area (Å²) in [5.74, 6) is 2.54. The fourth-order valence-corrected chi connectivity index (χ4v) is 7.45. The van der Waals surface area contributed by atoms with E-state index >= 15 is 0 Å². The van der Waals surface area contributed by atoms with Gasteiger partial charge in [-0.1, -0.05) is 82.6 Å². The average molecular weight is 415 g/mol. The number of fused-ring (bicyclic) bond motifs is 2. The number of hydrogen-bond acceptors (Lipinski definition) is 2. The maximum absolute atomic E-state index is 6.09. The van der Waals surface area contributed by atoms with Crippen molar-refractivity contribution in [3.8, 4) is 0 Å². The van der Waals surface area contributed by atoms with Crippen LogP contribution in [-0.4, -0.2) is 11.5 Å². The van der Waals surface area contributed by atoms with Crippen LogP contribution in [0.3, 0.4) is 0 Å². The Morgan fingerprint density at radius 1 is 1.03 bits per heavy atom. The Morgan fingerprint density at radius 2 is 1.69 bits per heavy atom. The molecule has 1 aromatic carbocycles. The monoisotopic (exact) mass is 414 g/mol. The number of hydrogen-bond donors (Lipinski definition) is 2. The molecule has 3 heteroatoms. The van der Waals surface area contributed by atoms with Crippen LogP contribution >= 0.6 is 12.2 Å². The molecular formula is C26H42N2S. The SMILES string of the molecule is CC1CC2(c3ccccc3)CC(CC(C)(C)C2)C1C(N)=S.NCC1CCCCC1. The lowest BCUT2D eigenvalue weighted by Gasteiger charge is -2.56. The van der Waals surface area contributed by atoms with Crippen molar-refractivity contribution >= 4 is 17.2 Å². The highest BCUT2D eigenvalue weighted by molar-refractivity contribution is 7.80. The van der Waals surface area contributed by atoms with E-state index in [-0.39, 0.29) is 0 Å². The van der Waals surface area contributed by atoms with Gasteiger partial charge in [0.05, 0.1) is 4.99 Å². The average Bonchev–Trinajstić information content (AvgIpc) is 2.68. The summed E-state index contributed by atoms with van der Waals surface area (Å²) in [5.41, 5.74) is 13.8. The van der Waals surface area contributed by atoms with Crippen molar-refractivity contribution in [2.75, 3.05) is 6.54 Å². The van der Waals surface area contributed by atoms with Gasteiger partial charge in [-0.2, -0.15) is 0 Å². The third-order valence-corrected chi connectivity index (χ3v) is 8.16. The molecule has 3 aliphatic carbocycles. The van der Waals surface area contributed by atoms with Gasteiger partial charge in [0.25, 0.3) is 0 Å². The maximum atomic E-state index is 6.09. The standard InChI is InChI=1S/C19H27NS.C7H15N/c1-13-9-19(15-7-5-4-6-8-15)11-14(16(13)17(20)21)10-18(2,3)12-19;8-6-7-4-2-1-3-5-7/h4-8,13-14,16H,9-12H2,1-3H3,(H2,20,21);7H,1-6,8H2. The second-order valence-electron chi connectivity index (χ2n) is 11.0. The molecule has 0 aromatic heterocycles. The number of rotatable bonds is 3. The summed E-state index contributed by atoms with van der Waals surface area (Å²) in [7, 11) is 0. The molecule has 0 aliphatic heterocycles. The Balaban J connectivity index is 0.000000252. The summed E-state index contributed by atoms with van der Waals surface area (Å²) in [4.78, 5) is 0.742. The van der Waals surface area contributed by atoms with Crippen molar-refractivity contribution in [2.45, 2.75) is 84.0 Å². The Morgan fingerprint density at radius 3 is 2.24 bits per heavy atom. The highest BCUT2D eigenvalue weighted by Crippen LogP contribution is 2.59. The highest BCUT2D eigenvalue weighted by Gasteiger charge is 2.52. The molecule has 29 heavy (non-hydrogen) atoms. The van der Waals surface area contributed by atoms with Gasteiger partial charge < -0.3 is 11.5 Å². The van der Waals surface area contributed by atoms with E-state index in [2.05, 4.69) is 51.1 Å². The second kappa shape index (κ2) is 9.47. The van der Waals surface area contributed by atoms with E-state index < -0.39 is 0 Å². The molecule has 4 N–H and O–H groups in total. The molecule has 0 amide bonds. The normalized spacial score (nSPS) is 34.0. The zero-order chi connectivity index (χ0) is 21.1. The minimum atomic E-state index is 0.328. The first-order valence-electron chi connectivity index (χ1n) is 11.8. The number of benzene rings is 1. The van der Waals surface area contributed by atoms with Crippen molar-refractivity contribution in [3.63, 3.8) is 0 Å². The van der Waals surface area contributed by atoms with Gasteiger partial charge in [0.15, 0.2) is 0 Å². The molecule has 162 valence electrons. The van der Waals surface area contributed by atoms with E-state index in [1.165, 1.54) is 63.4 Å². The van der Waals surface area contributed by atoms with Crippen molar-refractivity contribution in [1.82, 2.24) is 0 Å². The minimum absolute atomic E-state index is 0.328. The molecule has 3 fully saturated rings. The molecule has 2 bridgehead atoms. The quantitative estimate of drug-likeness (QED) is 0.577. The zero-order valence-electron chi connectivity index (χ0n) is 18.8. The van der Waals surface area contributed by atoms with E-state index in [0.29, 0.717) is 28.6 Å². The second-order valence-corrected chi connectivity index (χ2v) is 11.5. The van der Waals surface area contributed by atoms with Crippen LogP contribution in [0.25, 0.3) is 0 Å². The molecule has 4 rings (SSSR count). The largest absolute Gasteiger partial charge is 0.393 e. The number of thiocarbonyl (C=S) groups is 1. The van der Waals surface area contributed by atoms with Crippen molar-refractivity contribution < 1.29 is 0 Å². The van der Waals surface area contributed by atoms with Crippen LogP contribution in [0, 0.1) is 29.1 Å². The first-order chi connectivity index (χ1) is 13.8. The Labute approximate surface area is 184 Å². The summed E-state index contributed by atoms with van der Waals surface area (Å²) in [6, 6.07) is 11.1.